The van der Waals surface area contributed by atoms with Crippen molar-refractivity contribution in [1.82, 2.24) is 9.80 Å². The molecule has 0 bridgehead atoms. The molecule has 3 aliphatic rings. The van der Waals surface area contributed by atoms with Gasteiger partial charge in [-0.1, -0.05) is 12.1 Å². The number of benzene rings is 1. The highest BCUT2D eigenvalue weighted by atomic mass is 16.5. The molecule has 2 amide bonds. The molecular weight excluding hydrogens is 370 g/mol. The molecule has 1 unspecified atom stereocenters. The molecule has 1 aromatic rings. The van der Waals surface area contributed by atoms with E-state index in [-0.39, 0.29) is 29.9 Å². The van der Waals surface area contributed by atoms with Crippen LogP contribution in [0, 0.1) is 5.92 Å². The number of hydrogen-bond donors (Lipinski definition) is 1. The summed E-state index contributed by atoms with van der Waals surface area (Å²) >= 11 is 0. The van der Waals surface area contributed by atoms with Crippen molar-refractivity contribution in [2.45, 2.75) is 37.7 Å². The Hall–Kier alpha value is -2.12. The lowest BCUT2D eigenvalue weighted by Gasteiger charge is -2.46. The fraction of sp³-hybridized carbons (Fsp3) is 0.636. The van der Waals surface area contributed by atoms with Gasteiger partial charge in [0, 0.05) is 25.2 Å². The third-order valence-electron chi connectivity index (χ3n) is 6.65. The fourth-order valence-electron chi connectivity index (χ4n) is 5.26. The predicted octanol–water partition coefficient (Wildman–Crippen LogP) is 1.28. The van der Waals surface area contributed by atoms with E-state index >= 15 is 0 Å². The highest BCUT2D eigenvalue weighted by molar-refractivity contribution is 5.80. The molecule has 1 spiro atoms. The van der Waals surface area contributed by atoms with E-state index in [1.54, 1.807) is 7.11 Å². The summed E-state index contributed by atoms with van der Waals surface area (Å²) in [6.45, 7) is 3.76. The summed E-state index contributed by atoms with van der Waals surface area (Å²) in [5.74, 6) is 0.702. The first-order chi connectivity index (χ1) is 14.0. The van der Waals surface area contributed by atoms with Gasteiger partial charge < -0.3 is 20.1 Å². The van der Waals surface area contributed by atoms with Gasteiger partial charge in [-0.2, -0.15) is 0 Å². The lowest BCUT2D eigenvalue weighted by atomic mass is 9.78. The summed E-state index contributed by atoms with van der Waals surface area (Å²) in [6, 6.07) is 6.20. The van der Waals surface area contributed by atoms with Crippen LogP contribution in [0.3, 0.4) is 0 Å². The third-order valence-corrected chi connectivity index (χ3v) is 6.65. The van der Waals surface area contributed by atoms with Crippen LogP contribution >= 0.6 is 0 Å². The van der Waals surface area contributed by atoms with Gasteiger partial charge in [0.1, 0.15) is 11.4 Å². The van der Waals surface area contributed by atoms with Gasteiger partial charge in [-0.25, -0.2) is 0 Å². The minimum absolute atomic E-state index is 0.0498. The van der Waals surface area contributed by atoms with Crippen molar-refractivity contribution < 1.29 is 19.1 Å². The molecule has 0 radical (unpaired) electrons. The van der Waals surface area contributed by atoms with Crippen molar-refractivity contribution in [2.24, 2.45) is 11.7 Å². The first-order valence-electron chi connectivity index (χ1n) is 10.6. The zero-order chi connectivity index (χ0) is 20.4. The molecule has 7 nitrogen and oxygen atoms in total. The van der Waals surface area contributed by atoms with Crippen LogP contribution in [0.1, 0.15) is 36.8 Å². The van der Waals surface area contributed by atoms with Crippen LogP contribution < -0.4 is 10.5 Å². The van der Waals surface area contributed by atoms with Crippen LogP contribution in [0.5, 0.6) is 5.75 Å². The van der Waals surface area contributed by atoms with Crippen LogP contribution in [0.25, 0.3) is 0 Å². The molecule has 7 heteroatoms. The second-order valence-corrected chi connectivity index (χ2v) is 8.45. The molecule has 158 valence electrons. The van der Waals surface area contributed by atoms with E-state index < -0.39 is 0 Å². The number of primary amides is 1. The van der Waals surface area contributed by atoms with Crippen LogP contribution in [-0.4, -0.2) is 68.1 Å². The number of ether oxygens (including phenoxy) is 2. The molecule has 0 saturated carbocycles. The lowest BCUT2D eigenvalue weighted by molar-refractivity contribution is -0.146. The number of rotatable bonds is 4. The van der Waals surface area contributed by atoms with Gasteiger partial charge in [-0.05, 0) is 50.3 Å². The Morgan fingerprint density at radius 1 is 1.28 bits per heavy atom. The van der Waals surface area contributed by atoms with Gasteiger partial charge in [0.15, 0.2) is 0 Å². The number of likely N-dealkylation sites (tertiary alicyclic amines) is 2. The number of carbonyl (C=O) groups is 2. The Morgan fingerprint density at radius 3 is 2.79 bits per heavy atom. The largest absolute Gasteiger partial charge is 0.496 e. The second kappa shape index (κ2) is 8.32. The Balaban J connectivity index is 1.44. The molecule has 1 atom stereocenters. The summed E-state index contributed by atoms with van der Waals surface area (Å²) < 4.78 is 12.0. The lowest BCUT2D eigenvalue weighted by Crippen LogP contribution is -2.52. The number of methoxy groups -OCH3 is 1. The molecule has 0 aliphatic carbocycles. The van der Waals surface area contributed by atoms with Gasteiger partial charge >= 0.3 is 0 Å². The number of carbonyl (C=O) groups excluding carboxylic acids is 2. The van der Waals surface area contributed by atoms with Gasteiger partial charge in [-0.3, -0.25) is 14.5 Å². The molecule has 3 heterocycles. The van der Waals surface area contributed by atoms with E-state index in [1.165, 1.54) is 11.1 Å². The first-order valence-corrected chi connectivity index (χ1v) is 10.6. The van der Waals surface area contributed by atoms with Crippen molar-refractivity contribution >= 4 is 11.8 Å². The summed E-state index contributed by atoms with van der Waals surface area (Å²) in [5.41, 5.74) is 7.44. The van der Waals surface area contributed by atoms with Crippen molar-refractivity contribution in [3.05, 3.63) is 29.3 Å². The number of piperidine rings is 2. The normalized spacial score (nSPS) is 24.2. The molecule has 2 N–H and O–H groups in total. The topological polar surface area (TPSA) is 85.1 Å². The van der Waals surface area contributed by atoms with Gasteiger partial charge in [0.05, 0.1) is 26.2 Å². The van der Waals surface area contributed by atoms with E-state index in [9.17, 15) is 9.59 Å². The number of amides is 2. The van der Waals surface area contributed by atoms with Crippen LogP contribution in [0.2, 0.25) is 0 Å². The summed E-state index contributed by atoms with van der Waals surface area (Å²) in [7, 11) is 1.71. The number of nitrogens with zero attached hydrogens (tertiary/aromatic N) is 2. The van der Waals surface area contributed by atoms with E-state index in [1.807, 2.05) is 21.9 Å². The molecule has 29 heavy (non-hydrogen) atoms. The zero-order valence-electron chi connectivity index (χ0n) is 17.2. The van der Waals surface area contributed by atoms with Crippen molar-refractivity contribution in [2.75, 3.05) is 46.4 Å². The monoisotopic (exact) mass is 401 g/mol. The molecule has 3 aliphatic heterocycles. The Morgan fingerprint density at radius 2 is 2.07 bits per heavy atom. The Kier molecular flexibility index (Phi) is 5.79. The zero-order valence-corrected chi connectivity index (χ0v) is 17.2. The standard InChI is InChI=1S/C22H31N3O4/c1-28-18-6-2-4-16-7-13-29-22(20(16)18)8-11-25(12-9-22)21(27)17-5-3-10-24(14-17)15-19(23)26/h2,4,6,17H,3,5,7-15H2,1H3,(H2,23,26). The van der Waals surface area contributed by atoms with E-state index in [2.05, 4.69) is 6.07 Å². The molecular formula is C22H31N3O4. The average Bonchev–Trinajstić information content (AvgIpc) is 2.73. The minimum atomic E-state index is -0.360. The molecule has 0 aromatic heterocycles. The summed E-state index contributed by atoms with van der Waals surface area (Å²) in [5, 5.41) is 0. The SMILES string of the molecule is COc1cccc2c1C1(CCN(C(=O)C3CCCN(CC(N)=O)C3)CC1)OCC2. The summed E-state index contributed by atoms with van der Waals surface area (Å²) in [6.07, 6.45) is 4.26. The average molecular weight is 402 g/mol. The number of nitrogens with two attached hydrogens (primary N) is 1. The Bertz CT molecular complexity index is 759. The smallest absolute Gasteiger partial charge is 0.231 e. The molecule has 2 fully saturated rings. The van der Waals surface area contributed by atoms with Crippen LogP contribution in [0.15, 0.2) is 18.2 Å². The molecule has 4 rings (SSSR count). The third kappa shape index (κ3) is 3.98. The first kappa shape index (κ1) is 20.2. The van der Waals surface area contributed by atoms with Crippen molar-refractivity contribution in [3.8, 4) is 5.75 Å². The maximum atomic E-state index is 13.1. The fourth-order valence-corrected chi connectivity index (χ4v) is 5.26. The van der Waals surface area contributed by atoms with Crippen LogP contribution in [-0.2, 0) is 26.3 Å². The highest BCUT2D eigenvalue weighted by Crippen LogP contribution is 2.46. The predicted molar refractivity (Wildman–Crippen MR) is 109 cm³/mol. The van der Waals surface area contributed by atoms with Gasteiger partial charge in [0.2, 0.25) is 11.8 Å². The number of hydrogen-bond acceptors (Lipinski definition) is 5. The van der Waals surface area contributed by atoms with E-state index in [4.69, 9.17) is 15.2 Å². The Labute approximate surface area is 172 Å². The van der Waals surface area contributed by atoms with E-state index in [0.29, 0.717) is 26.2 Å². The molecule has 1 aromatic carbocycles. The highest BCUT2D eigenvalue weighted by Gasteiger charge is 2.44. The second-order valence-electron chi connectivity index (χ2n) is 8.45. The quantitative estimate of drug-likeness (QED) is 0.822. The van der Waals surface area contributed by atoms with E-state index in [0.717, 1.165) is 44.4 Å². The van der Waals surface area contributed by atoms with Gasteiger partial charge in [0.25, 0.3) is 0 Å². The van der Waals surface area contributed by atoms with Crippen LogP contribution in [0.4, 0.5) is 0 Å². The number of fused-ring (bicyclic) bond motifs is 2. The maximum absolute atomic E-state index is 13.1. The summed E-state index contributed by atoms with van der Waals surface area (Å²) in [4.78, 5) is 28.4. The van der Waals surface area contributed by atoms with Gasteiger partial charge in [-0.15, -0.1) is 0 Å². The van der Waals surface area contributed by atoms with Crippen molar-refractivity contribution in [3.63, 3.8) is 0 Å². The maximum Gasteiger partial charge on any atom is 0.231 e. The minimum Gasteiger partial charge on any atom is -0.496 e. The molecule has 2 saturated heterocycles. The van der Waals surface area contributed by atoms with Crippen molar-refractivity contribution in [1.29, 1.82) is 0 Å².